The van der Waals surface area contributed by atoms with Crippen LogP contribution in [0.2, 0.25) is 0 Å². The second-order valence-corrected chi connectivity index (χ2v) is 8.22. The molecule has 0 aliphatic heterocycles. The number of hydrogen-bond acceptors (Lipinski definition) is 3. The highest BCUT2D eigenvalue weighted by Crippen LogP contribution is 2.23. The van der Waals surface area contributed by atoms with E-state index in [0.717, 1.165) is 5.56 Å². The molecule has 0 heterocycles. The Hall–Kier alpha value is -0.910. The van der Waals surface area contributed by atoms with E-state index in [-0.39, 0.29) is 10.3 Å². The van der Waals surface area contributed by atoms with Crippen LogP contribution in [-0.4, -0.2) is 14.0 Å². The van der Waals surface area contributed by atoms with Crippen molar-refractivity contribution in [3.8, 4) is 0 Å². The fourth-order valence-electron chi connectivity index (χ4n) is 1.36. The van der Waals surface area contributed by atoms with Crippen LogP contribution in [0.5, 0.6) is 0 Å². The number of benzene rings is 1. The Balaban J connectivity index is 2.92. The van der Waals surface area contributed by atoms with E-state index in [2.05, 4.69) is 25.7 Å². The molecule has 0 aliphatic rings. The van der Waals surface area contributed by atoms with Crippen LogP contribution in [-0.2, 0) is 20.3 Å². The van der Waals surface area contributed by atoms with Crippen LogP contribution in [0.1, 0.15) is 47.1 Å². The summed E-state index contributed by atoms with van der Waals surface area (Å²) in [5.41, 5.74) is 0.513. The Morgan fingerprint density at radius 1 is 0.947 bits per heavy atom. The van der Waals surface area contributed by atoms with E-state index < -0.39 is 15.6 Å². The summed E-state index contributed by atoms with van der Waals surface area (Å²) in [6.07, 6.45) is 0. The molecule has 1 rings (SSSR count). The maximum atomic E-state index is 12.0. The van der Waals surface area contributed by atoms with Crippen molar-refractivity contribution in [1.29, 1.82) is 0 Å². The fourth-order valence-corrected chi connectivity index (χ4v) is 2.31. The fraction of sp³-hybridized carbons (Fsp3) is 0.571. The molecule has 0 saturated heterocycles. The van der Waals surface area contributed by atoms with Crippen molar-refractivity contribution < 1.29 is 13.3 Å². The summed E-state index contributed by atoms with van der Waals surface area (Å²) < 4.78 is 24.0. The minimum Gasteiger partial charge on any atom is -0.281 e. The van der Waals surface area contributed by atoms with Gasteiger partial charge in [0.2, 0.25) is 0 Å². The van der Waals surface area contributed by atoms with Crippen LogP contribution in [0, 0.1) is 0 Å². The minimum atomic E-state index is -3.63. The summed E-state index contributed by atoms with van der Waals surface area (Å²) in [7, 11) is -3.63. The molecule has 1 aromatic rings. The highest BCUT2D eigenvalue weighted by Gasteiger charge is 2.20. The molecule has 4 nitrogen and oxygen atoms in total. The lowest BCUT2D eigenvalue weighted by atomic mass is 9.87. The van der Waals surface area contributed by atoms with Crippen molar-refractivity contribution in [3.63, 3.8) is 0 Å². The lowest BCUT2D eigenvalue weighted by Crippen LogP contribution is -2.33. The minimum absolute atomic E-state index is 0.00235. The van der Waals surface area contributed by atoms with Crippen molar-refractivity contribution in [2.45, 2.75) is 57.5 Å². The molecule has 0 unspecified atom stereocenters. The molecular formula is C14H23NO3S. The van der Waals surface area contributed by atoms with Crippen LogP contribution in [0.25, 0.3) is 0 Å². The zero-order valence-corrected chi connectivity index (χ0v) is 13.3. The molecule has 1 aromatic carbocycles. The second kappa shape index (κ2) is 5.23. The van der Waals surface area contributed by atoms with Gasteiger partial charge in [-0.3, -0.25) is 4.84 Å². The maximum Gasteiger partial charge on any atom is 0.262 e. The van der Waals surface area contributed by atoms with Crippen molar-refractivity contribution in [2.75, 3.05) is 0 Å². The van der Waals surface area contributed by atoms with Gasteiger partial charge in [0.1, 0.15) is 0 Å². The third-order valence-corrected chi connectivity index (χ3v) is 3.68. The zero-order chi connectivity index (χ0) is 14.9. The molecule has 0 bridgehead atoms. The van der Waals surface area contributed by atoms with Crippen molar-refractivity contribution >= 4 is 10.0 Å². The van der Waals surface area contributed by atoms with Gasteiger partial charge in [0.15, 0.2) is 0 Å². The Kier molecular flexibility index (Phi) is 4.44. The molecule has 5 heteroatoms. The topological polar surface area (TPSA) is 55.4 Å². The first kappa shape index (κ1) is 16.1. The zero-order valence-electron chi connectivity index (χ0n) is 12.4. The molecule has 0 atom stereocenters. The SMILES string of the molecule is CC(C)(C)ONS(=O)(=O)c1ccc(C(C)(C)C)cc1. The quantitative estimate of drug-likeness (QED) is 0.869. The molecule has 0 amide bonds. The normalized spacial score (nSPS) is 13.6. The van der Waals surface area contributed by atoms with Crippen LogP contribution in [0.15, 0.2) is 29.2 Å². The van der Waals surface area contributed by atoms with Crippen LogP contribution < -0.4 is 4.89 Å². The molecule has 0 aliphatic carbocycles. The predicted octanol–water partition coefficient (Wildman–Crippen LogP) is 2.99. The second-order valence-electron chi connectivity index (χ2n) is 6.58. The van der Waals surface area contributed by atoms with Gasteiger partial charge in [0.25, 0.3) is 10.0 Å². The average molecular weight is 285 g/mol. The van der Waals surface area contributed by atoms with Gasteiger partial charge in [-0.05, 0) is 43.9 Å². The molecular weight excluding hydrogens is 262 g/mol. The van der Waals surface area contributed by atoms with E-state index in [4.69, 9.17) is 4.84 Å². The molecule has 0 aromatic heterocycles. The van der Waals surface area contributed by atoms with E-state index >= 15 is 0 Å². The van der Waals surface area contributed by atoms with Crippen molar-refractivity contribution in [3.05, 3.63) is 29.8 Å². The maximum absolute atomic E-state index is 12.0. The van der Waals surface area contributed by atoms with Gasteiger partial charge >= 0.3 is 0 Å². The van der Waals surface area contributed by atoms with Crippen LogP contribution >= 0.6 is 0 Å². The number of sulfonamides is 1. The Bertz CT molecular complexity index is 519. The van der Waals surface area contributed by atoms with Gasteiger partial charge in [0, 0.05) is 0 Å². The van der Waals surface area contributed by atoms with Gasteiger partial charge in [-0.2, -0.15) is 0 Å². The smallest absolute Gasteiger partial charge is 0.262 e. The van der Waals surface area contributed by atoms with E-state index in [1.165, 1.54) is 0 Å². The van der Waals surface area contributed by atoms with Gasteiger partial charge in [-0.1, -0.05) is 37.8 Å². The molecule has 19 heavy (non-hydrogen) atoms. The molecule has 0 spiro atoms. The first-order chi connectivity index (χ1) is 8.42. The molecule has 108 valence electrons. The third kappa shape index (κ3) is 4.93. The Labute approximate surface area is 116 Å². The summed E-state index contributed by atoms with van der Waals surface area (Å²) in [6, 6.07) is 6.83. The summed E-state index contributed by atoms with van der Waals surface area (Å²) >= 11 is 0. The van der Waals surface area contributed by atoms with Gasteiger partial charge in [-0.25, -0.2) is 8.42 Å². The van der Waals surface area contributed by atoms with Crippen LogP contribution in [0.4, 0.5) is 0 Å². The van der Waals surface area contributed by atoms with E-state index in [1.54, 1.807) is 32.9 Å². The molecule has 0 radical (unpaired) electrons. The van der Waals surface area contributed by atoms with Gasteiger partial charge in [0.05, 0.1) is 10.5 Å². The van der Waals surface area contributed by atoms with E-state index in [9.17, 15) is 8.42 Å². The number of hydrogen-bond donors (Lipinski definition) is 1. The standard InChI is InChI=1S/C14H23NO3S/c1-13(2,3)11-7-9-12(10-8-11)19(16,17)15-18-14(4,5)6/h7-10,15H,1-6H3. The van der Waals surface area contributed by atoms with Gasteiger partial charge < -0.3 is 0 Å². The van der Waals surface area contributed by atoms with E-state index in [1.807, 2.05) is 12.1 Å². The van der Waals surface area contributed by atoms with E-state index in [0.29, 0.717) is 0 Å². The van der Waals surface area contributed by atoms with Crippen molar-refractivity contribution in [1.82, 2.24) is 4.89 Å². The molecule has 0 fully saturated rings. The third-order valence-electron chi connectivity index (χ3n) is 2.49. The predicted molar refractivity (Wildman–Crippen MR) is 76.3 cm³/mol. The first-order valence-electron chi connectivity index (χ1n) is 6.22. The Morgan fingerprint density at radius 2 is 1.42 bits per heavy atom. The summed E-state index contributed by atoms with van der Waals surface area (Å²) in [5.74, 6) is 0. The summed E-state index contributed by atoms with van der Waals surface area (Å²) in [6.45, 7) is 11.6. The largest absolute Gasteiger partial charge is 0.281 e. The number of rotatable bonds is 3. The lowest BCUT2D eigenvalue weighted by molar-refractivity contribution is -0.0357. The number of nitrogens with one attached hydrogen (secondary N) is 1. The Morgan fingerprint density at radius 3 is 1.79 bits per heavy atom. The first-order valence-corrected chi connectivity index (χ1v) is 7.70. The average Bonchev–Trinajstić information content (AvgIpc) is 2.25. The highest BCUT2D eigenvalue weighted by atomic mass is 32.2. The van der Waals surface area contributed by atoms with Crippen molar-refractivity contribution in [2.24, 2.45) is 0 Å². The highest BCUT2D eigenvalue weighted by molar-refractivity contribution is 7.89. The monoisotopic (exact) mass is 285 g/mol. The van der Waals surface area contributed by atoms with Gasteiger partial charge in [-0.15, -0.1) is 0 Å². The molecule has 1 N–H and O–H groups in total. The lowest BCUT2D eigenvalue weighted by Gasteiger charge is -2.20. The van der Waals surface area contributed by atoms with Crippen LogP contribution in [0.3, 0.4) is 0 Å². The molecule has 0 saturated carbocycles. The summed E-state index contributed by atoms with van der Waals surface area (Å²) in [5, 5.41) is 0. The summed E-state index contributed by atoms with van der Waals surface area (Å²) in [4.78, 5) is 7.45.